The van der Waals surface area contributed by atoms with Crippen molar-refractivity contribution in [3.05, 3.63) is 36.2 Å². The first-order valence-electron chi connectivity index (χ1n) is 6.22. The lowest BCUT2D eigenvalue weighted by Crippen LogP contribution is -2.03. The number of aromatic nitrogens is 2. The molecule has 0 aliphatic heterocycles. The molecule has 0 saturated heterocycles. The predicted molar refractivity (Wildman–Crippen MR) is 82.5 cm³/mol. The topological polar surface area (TPSA) is 49.8 Å². The molecule has 0 bridgehead atoms. The molecule has 19 heavy (non-hydrogen) atoms. The highest BCUT2D eigenvalue weighted by Gasteiger charge is 2.03. The largest absolute Gasteiger partial charge is 0.373 e. The second-order valence-electron chi connectivity index (χ2n) is 4.02. The maximum Gasteiger partial charge on any atom is 0.136 e. The van der Waals surface area contributed by atoms with Crippen molar-refractivity contribution in [2.75, 3.05) is 23.9 Å². The van der Waals surface area contributed by atoms with Crippen LogP contribution in [-0.4, -0.2) is 23.3 Å². The van der Waals surface area contributed by atoms with Gasteiger partial charge in [0.15, 0.2) is 0 Å². The van der Waals surface area contributed by atoms with Gasteiger partial charge in [0, 0.05) is 30.1 Å². The van der Waals surface area contributed by atoms with Crippen molar-refractivity contribution in [3.63, 3.8) is 0 Å². The zero-order chi connectivity index (χ0) is 13.7. The predicted octanol–water partition coefficient (Wildman–Crippen LogP) is 3.55. The van der Waals surface area contributed by atoms with E-state index in [-0.39, 0.29) is 0 Å². The first-order valence-corrected chi connectivity index (χ1v) is 7.44. The third-order valence-electron chi connectivity index (χ3n) is 2.69. The number of hydrogen-bond acceptors (Lipinski definition) is 5. The summed E-state index contributed by atoms with van der Waals surface area (Å²) in [5, 5.41) is 6.38. The molecule has 0 radical (unpaired) electrons. The first kappa shape index (κ1) is 13.7. The summed E-state index contributed by atoms with van der Waals surface area (Å²) in [4.78, 5) is 10.1. The third kappa shape index (κ3) is 3.61. The molecule has 0 aliphatic rings. The lowest BCUT2D eigenvalue weighted by molar-refractivity contribution is 0.944. The molecule has 4 nitrogen and oxygen atoms in total. The zero-order valence-electron chi connectivity index (χ0n) is 11.4. The summed E-state index contributed by atoms with van der Waals surface area (Å²) < 4.78 is 0. The smallest absolute Gasteiger partial charge is 0.136 e. The number of hydrogen-bond donors (Lipinski definition) is 2. The lowest BCUT2D eigenvalue weighted by atomic mass is 10.3. The van der Waals surface area contributed by atoms with Crippen LogP contribution in [0.5, 0.6) is 0 Å². The van der Waals surface area contributed by atoms with Crippen LogP contribution in [0.1, 0.15) is 12.7 Å². The molecule has 0 saturated carbocycles. The molecule has 2 rings (SSSR count). The van der Waals surface area contributed by atoms with Gasteiger partial charge in [-0.15, -0.1) is 11.8 Å². The molecule has 0 amide bonds. The Hall–Kier alpha value is -1.75. The molecule has 0 atom stereocenters. The van der Waals surface area contributed by atoms with Gasteiger partial charge in [0.2, 0.25) is 0 Å². The number of anilines is 3. The second kappa shape index (κ2) is 6.43. The molecular weight excluding hydrogens is 256 g/mol. The molecule has 2 N–H and O–H groups in total. The summed E-state index contributed by atoms with van der Waals surface area (Å²) in [5.41, 5.74) is 1.04. The van der Waals surface area contributed by atoms with Crippen molar-refractivity contribution < 1.29 is 0 Å². The maximum absolute atomic E-state index is 4.48. The van der Waals surface area contributed by atoms with Crippen LogP contribution in [-0.2, 0) is 6.42 Å². The number of nitrogens with one attached hydrogen (secondary N) is 2. The Morgan fingerprint density at radius 2 is 1.95 bits per heavy atom. The van der Waals surface area contributed by atoms with Gasteiger partial charge in [-0.25, -0.2) is 9.97 Å². The maximum atomic E-state index is 4.48. The second-order valence-corrected chi connectivity index (χ2v) is 4.89. The Morgan fingerprint density at radius 1 is 1.16 bits per heavy atom. The quantitative estimate of drug-likeness (QED) is 0.817. The molecule has 1 heterocycles. The lowest BCUT2D eigenvalue weighted by Gasteiger charge is -2.10. The van der Waals surface area contributed by atoms with Gasteiger partial charge in [-0.05, 0) is 24.5 Å². The fourth-order valence-corrected chi connectivity index (χ4v) is 2.16. The SMILES string of the molecule is CCc1nc(NC)cc(Nc2cccc(SC)c2)n1. The summed E-state index contributed by atoms with van der Waals surface area (Å²) in [6, 6.07) is 10.2. The van der Waals surface area contributed by atoms with E-state index in [1.807, 2.05) is 32.2 Å². The minimum atomic E-state index is 0.814. The molecule has 0 fully saturated rings. The standard InChI is InChI=1S/C14H18N4S/c1-4-12-17-13(15-2)9-14(18-12)16-10-6-5-7-11(8-10)19-3/h5-9H,4H2,1-3H3,(H2,15,16,17,18). The Morgan fingerprint density at radius 3 is 2.63 bits per heavy atom. The van der Waals surface area contributed by atoms with Gasteiger partial charge in [0.1, 0.15) is 17.5 Å². The van der Waals surface area contributed by atoms with Crippen LogP contribution in [0, 0.1) is 0 Å². The highest BCUT2D eigenvalue weighted by molar-refractivity contribution is 7.98. The third-order valence-corrected chi connectivity index (χ3v) is 3.41. The van der Waals surface area contributed by atoms with E-state index in [4.69, 9.17) is 0 Å². The van der Waals surface area contributed by atoms with E-state index in [1.54, 1.807) is 11.8 Å². The van der Waals surface area contributed by atoms with Gasteiger partial charge in [-0.2, -0.15) is 0 Å². The molecule has 100 valence electrons. The summed E-state index contributed by atoms with van der Waals surface area (Å²) in [6.07, 6.45) is 2.88. The summed E-state index contributed by atoms with van der Waals surface area (Å²) in [7, 11) is 1.86. The molecule has 0 spiro atoms. The van der Waals surface area contributed by atoms with E-state index in [1.165, 1.54) is 4.90 Å². The van der Waals surface area contributed by atoms with Gasteiger partial charge in [-0.3, -0.25) is 0 Å². The number of benzene rings is 1. The van der Waals surface area contributed by atoms with Gasteiger partial charge >= 0.3 is 0 Å². The Labute approximate surface area is 118 Å². The number of rotatable bonds is 5. The molecule has 2 aromatic rings. The van der Waals surface area contributed by atoms with Gasteiger partial charge < -0.3 is 10.6 Å². The van der Waals surface area contributed by atoms with Crippen molar-refractivity contribution in [2.45, 2.75) is 18.2 Å². The Bertz CT molecular complexity index is 535. The van der Waals surface area contributed by atoms with Crippen LogP contribution in [0.15, 0.2) is 35.2 Å². The van der Waals surface area contributed by atoms with E-state index < -0.39 is 0 Å². The minimum Gasteiger partial charge on any atom is -0.373 e. The van der Waals surface area contributed by atoms with Crippen LogP contribution in [0.25, 0.3) is 0 Å². The van der Waals surface area contributed by atoms with Crippen LogP contribution < -0.4 is 10.6 Å². The van der Waals surface area contributed by atoms with Crippen LogP contribution in [0.3, 0.4) is 0 Å². The zero-order valence-corrected chi connectivity index (χ0v) is 12.2. The average Bonchev–Trinajstić information content (AvgIpc) is 2.47. The highest BCUT2D eigenvalue weighted by atomic mass is 32.2. The van der Waals surface area contributed by atoms with Crippen molar-refractivity contribution in [3.8, 4) is 0 Å². The van der Waals surface area contributed by atoms with Gasteiger partial charge in [-0.1, -0.05) is 13.0 Å². The number of nitrogens with zero attached hydrogens (tertiary/aromatic N) is 2. The monoisotopic (exact) mass is 274 g/mol. The van der Waals surface area contributed by atoms with Crippen molar-refractivity contribution in [1.82, 2.24) is 9.97 Å². The number of thioether (sulfide) groups is 1. The van der Waals surface area contributed by atoms with E-state index in [0.717, 1.165) is 29.6 Å². The Balaban J connectivity index is 2.26. The van der Waals surface area contributed by atoms with Crippen molar-refractivity contribution in [1.29, 1.82) is 0 Å². The van der Waals surface area contributed by atoms with Crippen LogP contribution in [0.2, 0.25) is 0 Å². The molecule has 1 aromatic heterocycles. The summed E-state index contributed by atoms with van der Waals surface area (Å²) in [6.45, 7) is 2.05. The van der Waals surface area contributed by atoms with Crippen LogP contribution >= 0.6 is 11.8 Å². The molecule has 0 unspecified atom stereocenters. The Kier molecular flexibility index (Phi) is 4.63. The van der Waals surface area contributed by atoms with Gasteiger partial charge in [0.05, 0.1) is 0 Å². The van der Waals surface area contributed by atoms with Crippen molar-refractivity contribution in [2.24, 2.45) is 0 Å². The van der Waals surface area contributed by atoms with Crippen molar-refractivity contribution >= 4 is 29.1 Å². The molecular formula is C14H18N4S. The van der Waals surface area contributed by atoms with Crippen LogP contribution in [0.4, 0.5) is 17.3 Å². The first-order chi connectivity index (χ1) is 9.25. The fraction of sp³-hybridized carbons (Fsp3) is 0.286. The van der Waals surface area contributed by atoms with E-state index in [2.05, 4.69) is 39.0 Å². The van der Waals surface area contributed by atoms with E-state index in [0.29, 0.717) is 0 Å². The highest BCUT2D eigenvalue weighted by Crippen LogP contribution is 2.22. The number of aryl methyl sites for hydroxylation is 1. The molecule has 0 aliphatic carbocycles. The van der Waals surface area contributed by atoms with E-state index >= 15 is 0 Å². The van der Waals surface area contributed by atoms with Gasteiger partial charge in [0.25, 0.3) is 0 Å². The van der Waals surface area contributed by atoms with E-state index in [9.17, 15) is 0 Å². The minimum absolute atomic E-state index is 0.814. The molecule has 5 heteroatoms. The fourth-order valence-electron chi connectivity index (χ4n) is 1.70. The normalized spacial score (nSPS) is 10.3. The summed E-state index contributed by atoms with van der Waals surface area (Å²) >= 11 is 1.72. The summed E-state index contributed by atoms with van der Waals surface area (Å²) in [5.74, 6) is 2.47. The molecule has 1 aromatic carbocycles. The average molecular weight is 274 g/mol.